The molecule has 0 aliphatic carbocycles. The minimum Gasteiger partial charge on any atom is -0.344 e. The summed E-state index contributed by atoms with van der Waals surface area (Å²) >= 11 is 0. The van der Waals surface area contributed by atoms with E-state index in [0.717, 1.165) is 30.7 Å². The molecule has 20 heavy (non-hydrogen) atoms. The van der Waals surface area contributed by atoms with E-state index in [1.807, 2.05) is 10.9 Å². The zero-order valence-corrected chi connectivity index (χ0v) is 12.2. The van der Waals surface area contributed by atoms with Crippen LogP contribution in [0.2, 0.25) is 0 Å². The van der Waals surface area contributed by atoms with Crippen LogP contribution in [0.15, 0.2) is 12.5 Å². The number of rotatable bonds is 5. The molecule has 3 rings (SSSR count). The summed E-state index contributed by atoms with van der Waals surface area (Å²) < 4.78 is 1.91. The molecular formula is C14H22N6. The number of aromatic nitrogens is 5. The molecule has 6 nitrogen and oxygen atoms in total. The lowest BCUT2D eigenvalue weighted by atomic mass is 10.2. The largest absolute Gasteiger partial charge is 0.344 e. The SMILES string of the molecule is CCn1ncnc1Cc1ncc(CN2CC[C@H](C)C2)[nH]1. The molecule has 0 radical (unpaired) electrons. The van der Waals surface area contributed by atoms with Crippen molar-refractivity contribution in [2.75, 3.05) is 13.1 Å². The van der Waals surface area contributed by atoms with Gasteiger partial charge in [-0.25, -0.2) is 14.6 Å². The molecule has 1 N–H and O–H groups in total. The van der Waals surface area contributed by atoms with Gasteiger partial charge in [-0.2, -0.15) is 5.10 Å². The summed E-state index contributed by atoms with van der Waals surface area (Å²) in [4.78, 5) is 14.6. The van der Waals surface area contributed by atoms with Gasteiger partial charge in [-0.05, 0) is 25.8 Å². The molecule has 0 unspecified atom stereocenters. The Hall–Kier alpha value is -1.69. The highest BCUT2D eigenvalue weighted by Crippen LogP contribution is 2.17. The van der Waals surface area contributed by atoms with Crippen molar-refractivity contribution < 1.29 is 0 Å². The van der Waals surface area contributed by atoms with Crippen LogP contribution in [-0.4, -0.2) is 42.7 Å². The predicted octanol–water partition coefficient (Wildman–Crippen LogP) is 1.45. The van der Waals surface area contributed by atoms with E-state index in [-0.39, 0.29) is 0 Å². The fraction of sp³-hybridized carbons (Fsp3) is 0.643. The van der Waals surface area contributed by atoms with Crippen molar-refractivity contribution in [3.8, 4) is 0 Å². The lowest BCUT2D eigenvalue weighted by Crippen LogP contribution is -2.19. The Morgan fingerprint density at radius 2 is 2.30 bits per heavy atom. The van der Waals surface area contributed by atoms with Crippen LogP contribution in [0.1, 0.15) is 37.6 Å². The van der Waals surface area contributed by atoms with Crippen molar-refractivity contribution >= 4 is 0 Å². The molecule has 0 amide bonds. The van der Waals surface area contributed by atoms with Crippen molar-refractivity contribution in [2.45, 2.75) is 39.8 Å². The average Bonchev–Trinajstić information content (AvgIpc) is 3.13. The van der Waals surface area contributed by atoms with Crippen molar-refractivity contribution in [3.63, 3.8) is 0 Å². The van der Waals surface area contributed by atoms with Gasteiger partial charge in [0.1, 0.15) is 18.0 Å². The Balaban J connectivity index is 1.62. The minimum absolute atomic E-state index is 0.713. The van der Waals surface area contributed by atoms with Crippen LogP contribution in [0, 0.1) is 5.92 Å². The van der Waals surface area contributed by atoms with E-state index in [2.05, 4.69) is 38.8 Å². The Morgan fingerprint density at radius 1 is 1.40 bits per heavy atom. The average molecular weight is 274 g/mol. The molecule has 0 spiro atoms. The van der Waals surface area contributed by atoms with Gasteiger partial charge in [0, 0.05) is 31.5 Å². The first-order valence-electron chi connectivity index (χ1n) is 7.36. The summed E-state index contributed by atoms with van der Waals surface area (Å²) in [6, 6.07) is 0. The summed E-state index contributed by atoms with van der Waals surface area (Å²) in [6.07, 6.45) is 5.57. The normalized spacial score (nSPS) is 19.8. The quantitative estimate of drug-likeness (QED) is 0.896. The number of nitrogens with zero attached hydrogens (tertiary/aromatic N) is 5. The second-order valence-corrected chi connectivity index (χ2v) is 5.65. The fourth-order valence-corrected chi connectivity index (χ4v) is 2.83. The van der Waals surface area contributed by atoms with Gasteiger partial charge in [0.2, 0.25) is 0 Å². The Kier molecular flexibility index (Phi) is 3.82. The van der Waals surface area contributed by atoms with Gasteiger partial charge in [0.05, 0.1) is 6.42 Å². The Labute approximate surface area is 119 Å². The monoisotopic (exact) mass is 274 g/mol. The molecule has 3 heterocycles. The van der Waals surface area contributed by atoms with Gasteiger partial charge >= 0.3 is 0 Å². The lowest BCUT2D eigenvalue weighted by molar-refractivity contribution is 0.317. The van der Waals surface area contributed by atoms with E-state index in [9.17, 15) is 0 Å². The molecule has 1 aliphatic rings. The van der Waals surface area contributed by atoms with E-state index in [0.29, 0.717) is 6.42 Å². The van der Waals surface area contributed by atoms with Gasteiger partial charge in [0.15, 0.2) is 0 Å². The molecule has 108 valence electrons. The first-order valence-corrected chi connectivity index (χ1v) is 7.36. The number of nitrogens with one attached hydrogen (secondary N) is 1. The molecule has 0 bridgehead atoms. The van der Waals surface area contributed by atoms with E-state index >= 15 is 0 Å². The first-order chi connectivity index (χ1) is 9.74. The number of hydrogen-bond donors (Lipinski definition) is 1. The summed E-state index contributed by atoms with van der Waals surface area (Å²) in [7, 11) is 0. The second-order valence-electron chi connectivity index (χ2n) is 5.65. The van der Waals surface area contributed by atoms with Gasteiger partial charge in [-0.3, -0.25) is 4.90 Å². The number of aryl methyl sites for hydroxylation is 1. The van der Waals surface area contributed by atoms with Crippen LogP contribution in [0.5, 0.6) is 0 Å². The zero-order chi connectivity index (χ0) is 13.9. The highest BCUT2D eigenvalue weighted by molar-refractivity contribution is 5.06. The summed E-state index contributed by atoms with van der Waals surface area (Å²) in [5, 5.41) is 4.18. The number of likely N-dealkylation sites (tertiary alicyclic amines) is 1. The van der Waals surface area contributed by atoms with E-state index in [4.69, 9.17) is 0 Å². The highest BCUT2D eigenvalue weighted by Gasteiger charge is 2.19. The van der Waals surface area contributed by atoms with Crippen molar-refractivity contribution in [1.29, 1.82) is 0 Å². The van der Waals surface area contributed by atoms with Crippen LogP contribution in [0.3, 0.4) is 0 Å². The van der Waals surface area contributed by atoms with Gasteiger partial charge in [-0.1, -0.05) is 6.92 Å². The van der Waals surface area contributed by atoms with Crippen LogP contribution >= 0.6 is 0 Å². The molecule has 1 fully saturated rings. The molecule has 1 atom stereocenters. The number of H-pyrrole nitrogens is 1. The Morgan fingerprint density at radius 3 is 3.05 bits per heavy atom. The standard InChI is InChI=1S/C14H22N6/c1-3-20-14(16-10-17-20)6-13-15-7-12(18-13)9-19-5-4-11(2)8-19/h7,10-11H,3-6,8-9H2,1-2H3,(H,15,18)/t11-/m0/s1. The van der Waals surface area contributed by atoms with E-state index in [1.165, 1.54) is 25.2 Å². The van der Waals surface area contributed by atoms with Crippen LogP contribution < -0.4 is 0 Å². The highest BCUT2D eigenvalue weighted by atomic mass is 15.3. The summed E-state index contributed by atoms with van der Waals surface area (Å²) in [5.74, 6) is 2.75. The Bertz CT molecular complexity index is 558. The third kappa shape index (κ3) is 2.90. The molecule has 2 aromatic rings. The molecule has 2 aromatic heterocycles. The van der Waals surface area contributed by atoms with Crippen molar-refractivity contribution in [1.82, 2.24) is 29.6 Å². The van der Waals surface area contributed by atoms with Gasteiger partial charge in [0.25, 0.3) is 0 Å². The minimum atomic E-state index is 0.713. The maximum Gasteiger partial charge on any atom is 0.138 e. The van der Waals surface area contributed by atoms with Crippen LogP contribution in [-0.2, 0) is 19.5 Å². The second kappa shape index (κ2) is 5.75. The van der Waals surface area contributed by atoms with E-state index < -0.39 is 0 Å². The molecular weight excluding hydrogens is 252 g/mol. The third-order valence-electron chi connectivity index (χ3n) is 3.90. The number of hydrogen-bond acceptors (Lipinski definition) is 4. The van der Waals surface area contributed by atoms with Gasteiger partial charge < -0.3 is 4.98 Å². The van der Waals surface area contributed by atoms with E-state index in [1.54, 1.807) is 6.33 Å². The summed E-state index contributed by atoms with van der Waals surface area (Å²) in [6.45, 7) is 8.58. The summed E-state index contributed by atoms with van der Waals surface area (Å²) in [5.41, 5.74) is 1.19. The van der Waals surface area contributed by atoms with Crippen molar-refractivity contribution in [3.05, 3.63) is 29.9 Å². The first kappa shape index (κ1) is 13.3. The van der Waals surface area contributed by atoms with Crippen LogP contribution in [0.4, 0.5) is 0 Å². The lowest BCUT2D eigenvalue weighted by Gasteiger charge is -2.13. The molecule has 1 saturated heterocycles. The molecule has 6 heteroatoms. The fourth-order valence-electron chi connectivity index (χ4n) is 2.83. The van der Waals surface area contributed by atoms with Crippen molar-refractivity contribution in [2.24, 2.45) is 5.92 Å². The van der Waals surface area contributed by atoms with Gasteiger partial charge in [-0.15, -0.1) is 0 Å². The predicted molar refractivity (Wildman–Crippen MR) is 76.1 cm³/mol. The molecule has 0 aromatic carbocycles. The topological polar surface area (TPSA) is 62.6 Å². The number of imidazole rings is 1. The zero-order valence-electron chi connectivity index (χ0n) is 12.2. The smallest absolute Gasteiger partial charge is 0.138 e. The maximum atomic E-state index is 4.46. The van der Waals surface area contributed by atoms with Crippen LogP contribution in [0.25, 0.3) is 0 Å². The third-order valence-corrected chi connectivity index (χ3v) is 3.90. The molecule has 1 aliphatic heterocycles. The number of aromatic amines is 1. The molecule has 0 saturated carbocycles. The maximum absolute atomic E-state index is 4.46.